The number of benzene rings is 2. The minimum atomic E-state index is -0.532. The van der Waals surface area contributed by atoms with E-state index in [2.05, 4.69) is 16.5 Å². The molecule has 5 rings (SSSR count). The first-order valence-corrected chi connectivity index (χ1v) is 11.0. The molecule has 2 aromatic heterocycles. The lowest BCUT2D eigenvalue weighted by Gasteiger charge is -2.35. The molecule has 0 spiro atoms. The van der Waals surface area contributed by atoms with Crippen LogP contribution in [0.1, 0.15) is 15.9 Å². The summed E-state index contributed by atoms with van der Waals surface area (Å²) in [5.41, 5.74) is 3.18. The number of amides is 1. The van der Waals surface area contributed by atoms with E-state index in [0.717, 1.165) is 5.56 Å². The van der Waals surface area contributed by atoms with Gasteiger partial charge in [-0.15, -0.1) is 0 Å². The van der Waals surface area contributed by atoms with Gasteiger partial charge in [-0.1, -0.05) is 6.07 Å². The third-order valence-corrected chi connectivity index (χ3v) is 5.99. The van der Waals surface area contributed by atoms with Gasteiger partial charge in [0, 0.05) is 43.3 Å². The summed E-state index contributed by atoms with van der Waals surface area (Å²) in [6, 6.07) is 15.5. The monoisotopic (exact) mass is 471 g/mol. The van der Waals surface area contributed by atoms with Gasteiger partial charge in [-0.25, -0.2) is 8.91 Å². The first kappa shape index (κ1) is 22.2. The number of halogens is 1. The highest BCUT2D eigenvalue weighted by Gasteiger charge is 2.32. The Morgan fingerprint density at radius 1 is 1.20 bits per heavy atom. The zero-order valence-corrected chi connectivity index (χ0v) is 19.2. The average Bonchev–Trinajstić information content (AvgIpc) is 3.17. The number of aryl methyl sites for hydroxylation is 1. The van der Waals surface area contributed by atoms with Crippen LogP contribution in [0.5, 0.6) is 17.2 Å². The number of nitrogens with zero attached hydrogens (tertiary/aromatic N) is 4. The lowest BCUT2D eigenvalue weighted by atomic mass is 10.0. The maximum absolute atomic E-state index is 14.8. The van der Waals surface area contributed by atoms with Gasteiger partial charge in [-0.3, -0.25) is 4.79 Å². The predicted octanol–water partition coefficient (Wildman–Crippen LogP) is 4.92. The third kappa shape index (κ3) is 4.22. The second-order valence-electron chi connectivity index (χ2n) is 8.29. The number of rotatable bonds is 6. The summed E-state index contributed by atoms with van der Waals surface area (Å²) in [4.78, 5) is 14.6. The fourth-order valence-electron chi connectivity index (χ4n) is 4.08. The van der Waals surface area contributed by atoms with E-state index in [1.54, 1.807) is 71.4 Å². The zero-order valence-electron chi connectivity index (χ0n) is 19.2. The van der Waals surface area contributed by atoms with E-state index >= 15 is 0 Å². The van der Waals surface area contributed by atoms with Gasteiger partial charge in [0.05, 0.1) is 35.9 Å². The first-order chi connectivity index (χ1) is 17.0. The van der Waals surface area contributed by atoms with E-state index in [0.29, 0.717) is 47.0 Å². The molecule has 0 unspecified atom stereocenters. The molecular weight excluding hydrogens is 449 g/mol. The highest BCUT2D eigenvalue weighted by Crippen LogP contribution is 2.32. The number of hydrogen-bond acceptors (Lipinski definition) is 6. The molecule has 8 nitrogen and oxygen atoms in total. The van der Waals surface area contributed by atoms with Gasteiger partial charge < -0.3 is 19.7 Å². The van der Waals surface area contributed by atoms with Crippen LogP contribution in [-0.2, 0) is 0 Å². The smallest absolute Gasteiger partial charge is 0.255 e. The van der Waals surface area contributed by atoms with Crippen molar-refractivity contribution in [3.8, 4) is 23.3 Å². The molecule has 9 heteroatoms. The Hall–Kier alpha value is -4.58. The number of likely N-dealkylation sites (tertiary alicyclic amines) is 1. The Kier molecular flexibility index (Phi) is 5.71. The van der Waals surface area contributed by atoms with Crippen molar-refractivity contribution in [2.24, 2.45) is 5.92 Å². The van der Waals surface area contributed by atoms with Crippen LogP contribution >= 0.6 is 0 Å². The van der Waals surface area contributed by atoms with Gasteiger partial charge in [-0.2, -0.15) is 10.4 Å². The predicted molar refractivity (Wildman–Crippen MR) is 128 cm³/mol. The molecular formula is C26H22FN5O3. The minimum absolute atomic E-state index is 0.0839. The molecule has 2 aromatic carbocycles. The van der Waals surface area contributed by atoms with Crippen molar-refractivity contribution in [1.29, 1.82) is 5.26 Å². The average molecular weight is 471 g/mol. The van der Waals surface area contributed by atoms with Gasteiger partial charge >= 0.3 is 0 Å². The first-order valence-electron chi connectivity index (χ1n) is 11.0. The molecule has 1 amide bonds. The summed E-state index contributed by atoms with van der Waals surface area (Å²) in [6.07, 6.45) is 3.29. The number of ether oxygens (including phenoxy) is 2. The van der Waals surface area contributed by atoms with Gasteiger partial charge in [0.15, 0.2) is 11.6 Å². The number of fused-ring (bicyclic) bond motifs is 1. The molecule has 0 bridgehead atoms. The summed E-state index contributed by atoms with van der Waals surface area (Å²) < 4.78 is 27.3. The quantitative estimate of drug-likeness (QED) is 0.429. The number of hydrogen-bond donors (Lipinski definition) is 1. The molecule has 1 aliphatic heterocycles. The largest absolute Gasteiger partial charge is 0.497 e. The Bertz CT molecular complexity index is 1470. The zero-order chi connectivity index (χ0) is 24.5. The van der Waals surface area contributed by atoms with Crippen LogP contribution in [0, 0.1) is 30.0 Å². The molecule has 176 valence electrons. The minimum Gasteiger partial charge on any atom is -0.497 e. The van der Waals surface area contributed by atoms with E-state index in [9.17, 15) is 9.18 Å². The topological polar surface area (TPSA) is 91.9 Å². The maximum Gasteiger partial charge on any atom is 0.255 e. The molecule has 3 heterocycles. The van der Waals surface area contributed by atoms with Crippen molar-refractivity contribution >= 4 is 22.8 Å². The van der Waals surface area contributed by atoms with Gasteiger partial charge in [0.1, 0.15) is 11.5 Å². The Morgan fingerprint density at radius 3 is 2.74 bits per heavy atom. The molecule has 1 saturated heterocycles. The van der Waals surface area contributed by atoms with E-state index in [-0.39, 0.29) is 17.6 Å². The van der Waals surface area contributed by atoms with Crippen LogP contribution in [0.15, 0.2) is 60.9 Å². The highest BCUT2D eigenvalue weighted by atomic mass is 19.1. The van der Waals surface area contributed by atoms with Crippen LogP contribution in [-0.4, -0.2) is 40.6 Å². The van der Waals surface area contributed by atoms with Crippen molar-refractivity contribution in [2.45, 2.75) is 6.92 Å². The SMILES string of the molecule is COc1cccc(Oc2ccc(Nc3ccnn4cc(C(=O)N5CC(C#N)C5)c(C)c34)cc2F)c1. The summed E-state index contributed by atoms with van der Waals surface area (Å²) in [5, 5.41) is 16.5. The number of aromatic nitrogens is 2. The Labute approximate surface area is 201 Å². The highest BCUT2D eigenvalue weighted by molar-refractivity contribution is 6.00. The van der Waals surface area contributed by atoms with Gasteiger partial charge in [0.2, 0.25) is 0 Å². The number of carbonyl (C=O) groups is 1. The number of nitrogens with one attached hydrogen (secondary N) is 1. The van der Waals surface area contributed by atoms with Crippen LogP contribution in [0.25, 0.3) is 5.52 Å². The summed E-state index contributed by atoms with van der Waals surface area (Å²) in [7, 11) is 1.55. The van der Waals surface area contributed by atoms with Crippen LogP contribution in [0.3, 0.4) is 0 Å². The molecule has 1 N–H and O–H groups in total. The standard InChI is InChI=1S/C26H22FN5O3/c1-16-21(26(33)31-13-17(12-28)14-31)15-32-25(16)23(8-9-29-32)30-18-6-7-24(22(27)10-18)35-20-5-3-4-19(11-20)34-2/h3-11,15,17,30H,13-14H2,1-2H3. The Morgan fingerprint density at radius 2 is 2.00 bits per heavy atom. The van der Waals surface area contributed by atoms with Crippen molar-refractivity contribution < 1.29 is 18.7 Å². The maximum atomic E-state index is 14.8. The van der Waals surface area contributed by atoms with E-state index in [1.165, 1.54) is 6.07 Å². The fourth-order valence-corrected chi connectivity index (χ4v) is 4.08. The summed E-state index contributed by atoms with van der Waals surface area (Å²) in [6.45, 7) is 2.72. The lowest BCUT2D eigenvalue weighted by molar-refractivity contribution is 0.0576. The summed E-state index contributed by atoms with van der Waals surface area (Å²) in [5.74, 6) is 0.385. The van der Waals surface area contributed by atoms with Crippen molar-refractivity contribution in [3.05, 3.63) is 77.9 Å². The second-order valence-corrected chi connectivity index (χ2v) is 8.29. The molecule has 1 aliphatic rings. The molecule has 0 atom stereocenters. The molecule has 35 heavy (non-hydrogen) atoms. The molecule has 4 aromatic rings. The van der Waals surface area contributed by atoms with Crippen molar-refractivity contribution in [1.82, 2.24) is 14.5 Å². The summed E-state index contributed by atoms with van der Waals surface area (Å²) >= 11 is 0. The number of nitriles is 1. The van der Waals surface area contributed by atoms with Crippen LogP contribution in [0.4, 0.5) is 15.8 Å². The lowest BCUT2D eigenvalue weighted by Crippen LogP contribution is -2.49. The Balaban J connectivity index is 1.38. The second kappa shape index (κ2) is 8.99. The third-order valence-electron chi connectivity index (χ3n) is 5.99. The van der Waals surface area contributed by atoms with E-state index in [4.69, 9.17) is 14.7 Å². The van der Waals surface area contributed by atoms with Crippen molar-refractivity contribution in [2.75, 3.05) is 25.5 Å². The number of methoxy groups -OCH3 is 1. The molecule has 0 radical (unpaired) electrons. The van der Waals surface area contributed by atoms with E-state index < -0.39 is 5.82 Å². The number of anilines is 2. The van der Waals surface area contributed by atoms with Gasteiger partial charge in [-0.05, 0) is 42.8 Å². The molecule has 1 fully saturated rings. The number of carbonyl (C=O) groups excluding carboxylic acids is 1. The van der Waals surface area contributed by atoms with Crippen LogP contribution < -0.4 is 14.8 Å². The van der Waals surface area contributed by atoms with Crippen LogP contribution in [0.2, 0.25) is 0 Å². The van der Waals surface area contributed by atoms with E-state index in [1.807, 2.05) is 6.92 Å². The molecule has 0 saturated carbocycles. The van der Waals surface area contributed by atoms with Gasteiger partial charge in [0.25, 0.3) is 5.91 Å². The molecule has 0 aliphatic carbocycles. The fraction of sp³-hybridized carbons (Fsp3) is 0.192. The normalized spacial score (nSPS) is 13.3. The van der Waals surface area contributed by atoms with Crippen molar-refractivity contribution in [3.63, 3.8) is 0 Å².